The fraction of sp³-hybridized carbons (Fsp3) is 0.364. The third-order valence-electron chi connectivity index (χ3n) is 5.59. The molecule has 168 valence electrons. The van der Waals surface area contributed by atoms with Crippen molar-refractivity contribution < 1.29 is 18.0 Å². The van der Waals surface area contributed by atoms with Gasteiger partial charge in [0.15, 0.2) is 11.6 Å². The molecule has 2 atom stereocenters. The number of rotatable bonds is 4. The number of fused-ring (bicyclic) bond motifs is 1. The van der Waals surface area contributed by atoms with Crippen molar-refractivity contribution in [1.29, 1.82) is 0 Å². The van der Waals surface area contributed by atoms with Crippen LogP contribution in [0.25, 0.3) is 11.4 Å². The minimum absolute atomic E-state index is 0.171. The molecule has 0 bridgehead atoms. The summed E-state index contributed by atoms with van der Waals surface area (Å²) in [5.41, 5.74) is -0.395. The van der Waals surface area contributed by atoms with Crippen LogP contribution >= 0.6 is 11.6 Å². The highest BCUT2D eigenvalue weighted by Crippen LogP contribution is 2.39. The SMILES string of the molecule is CCCC1c2nnc(-c3cccnc3)n2CC(C)N1C(=O)c1cccc(C(F)(F)F)c1Cl. The zero-order valence-corrected chi connectivity index (χ0v) is 18.2. The van der Waals surface area contributed by atoms with Crippen molar-refractivity contribution in [3.63, 3.8) is 0 Å². The van der Waals surface area contributed by atoms with Gasteiger partial charge in [0.05, 0.1) is 22.2 Å². The molecule has 0 saturated carbocycles. The van der Waals surface area contributed by atoms with Crippen LogP contribution in [0.3, 0.4) is 0 Å². The minimum Gasteiger partial charge on any atom is -0.324 e. The summed E-state index contributed by atoms with van der Waals surface area (Å²) >= 11 is 6.06. The summed E-state index contributed by atoms with van der Waals surface area (Å²) in [5, 5.41) is 8.09. The molecule has 4 rings (SSSR count). The number of hydrogen-bond donors (Lipinski definition) is 0. The van der Waals surface area contributed by atoms with Gasteiger partial charge in [0.2, 0.25) is 0 Å². The molecule has 3 aromatic rings. The van der Waals surface area contributed by atoms with Gasteiger partial charge < -0.3 is 9.47 Å². The Kier molecular flexibility index (Phi) is 5.94. The van der Waals surface area contributed by atoms with E-state index >= 15 is 0 Å². The Hall–Kier alpha value is -2.94. The topological polar surface area (TPSA) is 63.9 Å². The van der Waals surface area contributed by atoms with Gasteiger partial charge in [-0.15, -0.1) is 10.2 Å². The first-order valence-electron chi connectivity index (χ1n) is 10.3. The van der Waals surface area contributed by atoms with Crippen molar-refractivity contribution in [2.75, 3.05) is 0 Å². The smallest absolute Gasteiger partial charge is 0.324 e. The summed E-state index contributed by atoms with van der Waals surface area (Å²) in [7, 11) is 0. The highest BCUT2D eigenvalue weighted by molar-refractivity contribution is 6.34. The van der Waals surface area contributed by atoms with Crippen LogP contribution in [0.2, 0.25) is 5.02 Å². The summed E-state index contributed by atoms with van der Waals surface area (Å²) in [6, 6.07) is 6.33. The number of halogens is 4. The first-order chi connectivity index (χ1) is 15.2. The number of benzene rings is 1. The van der Waals surface area contributed by atoms with Crippen molar-refractivity contribution >= 4 is 17.5 Å². The van der Waals surface area contributed by atoms with E-state index in [4.69, 9.17) is 11.6 Å². The fourth-order valence-electron chi connectivity index (χ4n) is 4.17. The summed E-state index contributed by atoms with van der Waals surface area (Å²) in [6.07, 6.45) is 0.0301. The normalized spacial score (nSPS) is 18.5. The highest BCUT2D eigenvalue weighted by atomic mass is 35.5. The number of nitrogens with zero attached hydrogens (tertiary/aromatic N) is 5. The predicted molar refractivity (Wildman–Crippen MR) is 113 cm³/mol. The zero-order chi connectivity index (χ0) is 23.0. The van der Waals surface area contributed by atoms with Crippen LogP contribution in [-0.2, 0) is 12.7 Å². The molecule has 0 N–H and O–H groups in total. The van der Waals surface area contributed by atoms with E-state index in [1.165, 1.54) is 12.1 Å². The monoisotopic (exact) mass is 463 g/mol. The van der Waals surface area contributed by atoms with Crippen LogP contribution in [0.4, 0.5) is 13.2 Å². The van der Waals surface area contributed by atoms with Gasteiger partial charge in [-0.3, -0.25) is 9.78 Å². The van der Waals surface area contributed by atoms with Gasteiger partial charge in [-0.1, -0.05) is 31.0 Å². The van der Waals surface area contributed by atoms with Crippen molar-refractivity contribution in [2.45, 2.75) is 51.5 Å². The number of alkyl halides is 3. The first-order valence-corrected chi connectivity index (χ1v) is 10.6. The zero-order valence-electron chi connectivity index (χ0n) is 17.5. The summed E-state index contributed by atoms with van der Waals surface area (Å²) in [6.45, 7) is 4.23. The summed E-state index contributed by atoms with van der Waals surface area (Å²) in [5.74, 6) is 0.690. The molecule has 6 nitrogen and oxygen atoms in total. The molecule has 0 radical (unpaired) electrons. The van der Waals surface area contributed by atoms with E-state index in [1.54, 1.807) is 23.4 Å². The number of carbonyl (C=O) groups excluding carboxylic acids is 1. The number of pyridine rings is 1. The lowest BCUT2D eigenvalue weighted by atomic mass is 10.0. The quantitative estimate of drug-likeness (QED) is 0.520. The lowest BCUT2D eigenvalue weighted by Crippen LogP contribution is -2.48. The molecule has 3 heterocycles. The van der Waals surface area contributed by atoms with Crippen molar-refractivity contribution in [2.24, 2.45) is 0 Å². The second kappa shape index (κ2) is 8.54. The number of aromatic nitrogens is 4. The second-order valence-electron chi connectivity index (χ2n) is 7.76. The van der Waals surface area contributed by atoms with E-state index < -0.39 is 28.7 Å². The molecule has 32 heavy (non-hydrogen) atoms. The van der Waals surface area contributed by atoms with Crippen LogP contribution in [0.5, 0.6) is 0 Å². The molecule has 10 heteroatoms. The van der Waals surface area contributed by atoms with Gasteiger partial charge in [-0.25, -0.2) is 0 Å². The van der Waals surface area contributed by atoms with Gasteiger partial charge in [0, 0.05) is 30.5 Å². The van der Waals surface area contributed by atoms with Gasteiger partial charge >= 0.3 is 6.18 Å². The number of hydrogen-bond acceptors (Lipinski definition) is 4. The molecular weight excluding hydrogens is 443 g/mol. The molecule has 0 spiro atoms. The summed E-state index contributed by atoms with van der Waals surface area (Å²) in [4.78, 5) is 19.2. The molecule has 0 fully saturated rings. The van der Waals surface area contributed by atoms with Crippen LogP contribution in [-0.4, -0.2) is 36.6 Å². The van der Waals surface area contributed by atoms with Gasteiger partial charge in [-0.2, -0.15) is 13.2 Å². The molecule has 1 aliphatic heterocycles. The van der Waals surface area contributed by atoms with Gasteiger partial charge in [0.25, 0.3) is 5.91 Å². The van der Waals surface area contributed by atoms with Gasteiger partial charge in [-0.05, 0) is 37.6 Å². The molecule has 1 aliphatic rings. The van der Waals surface area contributed by atoms with Crippen LogP contribution in [0.15, 0.2) is 42.7 Å². The maximum atomic E-state index is 13.5. The maximum absolute atomic E-state index is 13.5. The molecule has 1 amide bonds. The largest absolute Gasteiger partial charge is 0.417 e. The third kappa shape index (κ3) is 3.85. The predicted octanol–water partition coefficient (Wildman–Crippen LogP) is 5.40. The molecule has 0 aliphatic carbocycles. The van der Waals surface area contributed by atoms with Crippen molar-refractivity contribution in [3.05, 3.63) is 64.7 Å². The van der Waals surface area contributed by atoms with E-state index in [2.05, 4.69) is 15.2 Å². The van der Waals surface area contributed by atoms with Crippen LogP contribution in [0.1, 0.15) is 54.5 Å². The van der Waals surface area contributed by atoms with E-state index in [9.17, 15) is 18.0 Å². The standard InChI is InChI=1S/C22H21ClF3N5O/c1-3-6-17-20-29-28-19(14-7-5-10-27-11-14)30(20)12-13(2)31(17)21(32)15-8-4-9-16(18(15)23)22(24,25)26/h4-5,7-11,13,17H,3,6,12H2,1-2H3. The molecule has 1 aromatic carbocycles. The van der Waals surface area contributed by atoms with E-state index in [1.807, 2.05) is 24.5 Å². The van der Waals surface area contributed by atoms with E-state index in [0.29, 0.717) is 24.6 Å². The lowest BCUT2D eigenvalue weighted by molar-refractivity contribution is -0.137. The van der Waals surface area contributed by atoms with Crippen molar-refractivity contribution in [3.8, 4) is 11.4 Å². The van der Waals surface area contributed by atoms with Crippen LogP contribution in [0, 0.1) is 0 Å². The molecule has 2 unspecified atom stereocenters. The first kappa shape index (κ1) is 22.3. The third-order valence-corrected chi connectivity index (χ3v) is 5.99. The number of carbonyl (C=O) groups is 1. The minimum atomic E-state index is -4.65. The van der Waals surface area contributed by atoms with E-state index in [0.717, 1.165) is 18.1 Å². The van der Waals surface area contributed by atoms with Gasteiger partial charge in [0.1, 0.15) is 0 Å². The highest BCUT2D eigenvalue weighted by Gasteiger charge is 2.41. The molecular formula is C22H21ClF3N5O. The Bertz CT molecular complexity index is 1130. The maximum Gasteiger partial charge on any atom is 0.417 e. The average Bonchev–Trinajstić information content (AvgIpc) is 3.17. The fourth-order valence-corrected chi connectivity index (χ4v) is 4.49. The Labute approximate surface area is 188 Å². The Balaban J connectivity index is 1.77. The Morgan fingerprint density at radius 1 is 1.22 bits per heavy atom. The number of amides is 1. The van der Waals surface area contributed by atoms with E-state index in [-0.39, 0.29) is 11.6 Å². The average molecular weight is 464 g/mol. The Morgan fingerprint density at radius 2 is 2.00 bits per heavy atom. The van der Waals surface area contributed by atoms with Crippen LogP contribution < -0.4 is 0 Å². The summed E-state index contributed by atoms with van der Waals surface area (Å²) < 4.78 is 42.0. The second-order valence-corrected chi connectivity index (χ2v) is 8.14. The Morgan fingerprint density at radius 3 is 2.66 bits per heavy atom. The molecule has 0 saturated heterocycles. The van der Waals surface area contributed by atoms with Crippen molar-refractivity contribution in [1.82, 2.24) is 24.6 Å². The molecule has 2 aromatic heterocycles. The lowest BCUT2D eigenvalue weighted by Gasteiger charge is -2.41.